The Bertz CT molecular complexity index is 549. The van der Waals surface area contributed by atoms with Gasteiger partial charge in [-0.2, -0.15) is 5.26 Å². The number of hydrogen-bond acceptors (Lipinski definition) is 4. The first-order chi connectivity index (χ1) is 9.38. The van der Waals surface area contributed by atoms with Crippen LogP contribution in [0.5, 0.6) is 5.75 Å². The molecule has 0 aliphatic heterocycles. The average molecular weight is 253 g/mol. The van der Waals surface area contributed by atoms with Gasteiger partial charge in [0.15, 0.2) is 0 Å². The van der Waals surface area contributed by atoms with Crippen molar-refractivity contribution in [2.75, 3.05) is 18.5 Å². The van der Waals surface area contributed by atoms with Crippen LogP contribution in [-0.2, 0) is 0 Å². The predicted octanol–water partition coefficient (Wildman–Crippen LogP) is 2.83. The van der Waals surface area contributed by atoms with Crippen molar-refractivity contribution in [1.82, 2.24) is 4.98 Å². The molecule has 0 aliphatic carbocycles. The van der Waals surface area contributed by atoms with Crippen LogP contribution in [-0.4, -0.2) is 18.1 Å². The molecule has 0 spiro atoms. The Hall–Kier alpha value is -2.54. The van der Waals surface area contributed by atoms with Crippen molar-refractivity contribution >= 4 is 5.82 Å². The summed E-state index contributed by atoms with van der Waals surface area (Å²) in [4.78, 5) is 4.14. The molecule has 0 bridgehead atoms. The first-order valence-electron chi connectivity index (χ1n) is 6.16. The molecule has 1 aromatic carbocycles. The molecule has 2 rings (SSSR count). The molecule has 1 heterocycles. The van der Waals surface area contributed by atoms with Crippen molar-refractivity contribution in [2.45, 2.75) is 6.42 Å². The van der Waals surface area contributed by atoms with Crippen LogP contribution in [0.4, 0.5) is 5.82 Å². The van der Waals surface area contributed by atoms with E-state index in [2.05, 4.69) is 16.4 Å². The largest absolute Gasteiger partial charge is 0.494 e. The van der Waals surface area contributed by atoms with E-state index in [1.807, 2.05) is 30.3 Å². The summed E-state index contributed by atoms with van der Waals surface area (Å²) in [5.74, 6) is 1.60. The average Bonchev–Trinajstić information content (AvgIpc) is 2.48. The SMILES string of the molecule is N#Cc1ccnc(NCCCOc2ccccc2)c1. The van der Waals surface area contributed by atoms with Crippen LogP contribution in [0.3, 0.4) is 0 Å². The molecule has 4 nitrogen and oxygen atoms in total. The zero-order valence-electron chi connectivity index (χ0n) is 10.5. The van der Waals surface area contributed by atoms with E-state index in [0.717, 1.165) is 24.5 Å². The van der Waals surface area contributed by atoms with Crippen LogP contribution < -0.4 is 10.1 Å². The van der Waals surface area contributed by atoms with Crippen LogP contribution in [0.25, 0.3) is 0 Å². The summed E-state index contributed by atoms with van der Waals surface area (Å²) < 4.78 is 5.58. The van der Waals surface area contributed by atoms with Gasteiger partial charge in [-0.3, -0.25) is 0 Å². The van der Waals surface area contributed by atoms with Gasteiger partial charge in [0.05, 0.1) is 18.2 Å². The summed E-state index contributed by atoms with van der Waals surface area (Å²) >= 11 is 0. The molecule has 4 heteroatoms. The summed E-state index contributed by atoms with van der Waals surface area (Å²) in [6, 6.07) is 15.2. The van der Waals surface area contributed by atoms with Gasteiger partial charge in [0.1, 0.15) is 11.6 Å². The third-order valence-electron chi connectivity index (χ3n) is 2.53. The van der Waals surface area contributed by atoms with E-state index in [1.165, 1.54) is 0 Å². The van der Waals surface area contributed by atoms with Crippen molar-refractivity contribution in [3.8, 4) is 11.8 Å². The number of rotatable bonds is 6. The third kappa shape index (κ3) is 4.32. The fourth-order valence-electron chi connectivity index (χ4n) is 1.59. The normalized spacial score (nSPS) is 9.63. The first-order valence-corrected chi connectivity index (χ1v) is 6.16. The number of nitriles is 1. The maximum Gasteiger partial charge on any atom is 0.127 e. The Kier molecular flexibility index (Phi) is 4.77. The predicted molar refractivity (Wildman–Crippen MR) is 74.0 cm³/mol. The lowest BCUT2D eigenvalue weighted by atomic mass is 10.3. The Morgan fingerprint density at radius 3 is 2.84 bits per heavy atom. The Morgan fingerprint density at radius 1 is 1.21 bits per heavy atom. The number of anilines is 1. The zero-order valence-corrected chi connectivity index (χ0v) is 10.5. The van der Waals surface area contributed by atoms with Gasteiger partial charge in [0.2, 0.25) is 0 Å². The van der Waals surface area contributed by atoms with Crippen LogP contribution in [0.15, 0.2) is 48.7 Å². The van der Waals surface area contributed by atoms with Crippen molar-refractivity contribution in [1.29, 1.82) is 5.26 Å². The molecule has 1 aromatic heterocycles. The lowest BCUT2D eigenvalue weighted by Crippen LogP contribution is -2.08. The second-order valence-corrected chi connectivity index (χ2v) is 3.98. The van der Waals surface area contributed by atoms with Crippen LogP contribution in [0.1, 0.15) is 12.0 Å². The summed E-state index contributed by atoms with van der Waals surface area (Å²) in [6.07, 6.45) is 2.49. The smallest absolute Gasteiger partial charge is 0.127 e. The third-order valence-corrected chi connectivity index (χ3v) is 2.53. The summed E-state index contributed by atoms with van der Waals surface area (Å²) in [6.45, 7) is 1.41. The molecule has 0 saturated carbocycles. The van der Waals surface area contributed by atoms with E-state index in [-0.39, 0.29) is 0 Å². The fraction of sp³-hybridized carbons (Fsp3) is 0.200. The summed E-state index contributed by atoms with van der Waals surface area (Å²) in [5, 5.41) is 11.9. The Labute approximate surface area is 112 Å². The Balaban J connectivity index is 1.68. The fourth-order valence-corrected chi connectivity index (χ4v) is 1.59. The van der Waals surface area contributed by atoms with Crippen molar-refractivity contribution in [3.05, 3.63) is 54.2 Å². The van der Waals surface area contributed by atoms with Gasteiger partial charge in [-0.25, -0.2) is 4.98 Å². The van der Waals surface area contributed by atoms with Crippen LogP contribution in [0, 0.1) is 11.3 Å². The van der Waals surface area contributed by atoms with Gasteiger partial charge in [0, 0.05) is 12.7 Å². The highest BCUT2D eigenvalue weighted by atomic mass is 16.5. The molecule has 96 valence electrons. The van der Waals surface area contributed by atoms with Crippen molar-refractivity contribution in [3.63, 3.8) is 0 Å². The molecule has 0 atom stereocenters. The summed E-state index contributed by atoms with van der Waals surface area (Å²) in [7, 11) is 0. The molecule has 0 radical (unpaired) electrons. The number of benzene rings is 1. The molecular formula is C15H15N3O. The standard InChI is InChI=1S/C15H15N3O/c16-12-13-7-9-18-15(11-13)17-8-4-10-19-14-5-2-1-3-6-14/h1-3,5-7,9,11H,4,8,10H2,(H,17,18). The van der Waals surface area contributed by atoms with Gasteiger partial charge in [0.25, 0.3) is 0 Å². The molecule has 0 saturated heterocycles. The van der Waals surface area contributed by atoms with E-state index in [4.69, 9.17) is 10.00 Å². The highest BCUT2D eigenvalue weighted by molar-refractivity contribution is 5.42. The van der Waals surface area contributed by atoms with E-state index in [1.54, 1.807) is 18.3 Å². The monoisotopic (exact) mass is 253 g/mol. The second kappa shape index (κ2) is 7.02. The molecule has 0 fully saturated rings. The van der Waals surface area contributed by atoms with Gasteiger partial charge < -0.3 is 10.1 Å². The van der Waals surface area contributed by atoms with E-state index < -0.39 is 0 Å². The number of pyridine rings is 1. The van der Waals surface area contributed by atoms with Gasteiger partial charge >= 0.3 is 0 Å². The quantitative estimate of drug-likeness (QED) is 0.804. The highest BCUT2D eigenvalue weighted by Crippen LogP contribution is 2.09. The first kappa shape index (κ1) is 12.9. The maximum absolute atomic E-state index is 8.77. The minimum Gasteiger partial charge on any atom is -0.494 e. The number of nitrogens with zero attached hydrogens (tertiary/aromatic N) is 2. The number of hydrogen-bond donors (Lipinski definition) is 1. The topological polar surface area (TPSA) is 57.9 Å². The number of para-hydroxylation sites is 1. The van der Waals surface area contributed by atoms with E-state index in [0.29, 0.717) is 12.2 Å². The molecule has 1 N–H and O–H groups in total. The van der Waals surface area contributed by atoms with E-state index in [9.17, 15) is 0 Å². The van der Waals surface area contributed by atoms with Crippen LogP contribution >= 0.6 is 0 Å². The minimum absolute atomic E-state index is 0.609. The Morgan fingerprint density at radius 2 is 2.05 bits per heavy atom. The van der Waals surface area contributed by atoms with Crippen LogP contribution in [0.2, 0.25) is 0 Å². The van der Waals surface area contributed by atoms with Crippen molar-refractivity contribution in [2.24, 2.45) is 0 Å². The maximum atomic E-state index is 8.77. The number of nitrogens with one attached hydrogen (secondary N) is 1. The van der Waals surface area contributed by atoms with E-state index >= 15 is 0 Å². The molecule has 19 heavy (non-hydrogen) atoms. The van der Waals surface area contributed by atoms with Gasteiger partial charge in [-0.05, 0) is 30.7 Å². The van der Waals surface area contributed by atoms with Crippen molar-refractivity contribution < 1.29 is 4.74 Å². The highest BCUT2D eigenvalue weighted by Gasteiger charge is 1.96. The minimum atomic E-state index is 0.609. The lowest BCUT2D eigenvalue weighted by molar-refractivity contribution is 0.315. The van der Waals surface area contributed by atoms with Gasteiger partial charge in [-0.1, -0.05) is 18.2 Å². The number of aromatic nitrogens is 1. The second-order valence-electron chi connectivity index (χ2n) is 3.98. The zero-order chi connectivity index (χ0) is 13.3. The lowest BCUT2D eigenvalue weighted by Gasteiger charge is -2.07. The molecule has 2 aromatic rings. The number of ether oxygens (including phenoxy) is 1. The summed E-state index contributed by atoms with van der Waals surface area (Å²) in [5.41, 5.74) is 0.609. The molecule has 0 aliphatic rings. The molecule has 0 amide bonds. The molecular weight excluding hydrogens is 238 g/mol. The molecule has 0 unspecified atom stereocenters. The van der Waals surface area contributed by atoms with Gasteiger partial charge in [-0.15, -0.1) is 0 Å².